The van der Waals surface area contributed by atoms with E-state index in [4.69, 9.17) is 16.0 Å². The summed E-state index contributed by atoms with van der Waals surface area (Å²) in [6.07, 6.45) is 0. The summed E-state index contributed by atoms with van der Waals surface area (Å²) in [6.45, 7) is 1.80. The van der Waals surface area contributed by atoms with Crippen molar-refractivity contribution in [3.63, 3.8) is 0 Å². The second kappa shape index (κ2) is 5.27. The van der Waals surface area contributed by atoms with Crippen molar-refractivity contribution < 1.29 is 9.34 Å². The van der Waals surface area contributed by atoms with Gasteiger partial charge in [0.25, 0.3) is 5.69 Å². The normalized spacial score (nSPS) is 10.8. The lowest BCUT2D eigenvalue weighted by Crippen LogP contribution is -2.06. The van der Waals surface area contributed by atoms with Crippen molar-refractivity contribution in [3.8, 4) is 11.1 Å². The van der Waals surface area contributed by atoms with Crippen LogP contribution in [0.4, 0.5) is 5.69 Å². The summed E-state index contributed by atoms with van der Waals surface area (Å²) in [5.41, 5.74) is 1.61. The number of aryl methyl sites for hydroxylation is 1. The summed E-state index contributed by atoms with van der Waals surface area (Å²) in [7, 11) is 0. The monoisotopic (exact) mass is 315 g/mol. The Kier molecular flexibility index (Phi) is 3.42. The van der Waals surface area contributed by atoms with Crippen LogP contribution in [-0.4, -0.2) is 4.92 Å². The van der Waals surface area contributed by atoms with Crippen LogP contribution in [0.15, 0.2) is 51.7 Å². The first-order chi connectivity index (χ1) is 10.5. The molecule has 0 saturated carbocycles. The fraction of sp³-hybridized carbons (Fsp3) is 0.0625. The quantitative estimate of drug-likeness (QED) is 0.401. The number of hydrogen-bond donors (Lipinski definition) is 0. The van der Waals surface area contributed by atoms with Crippen molar-refractivity contribution in [2.24, 2.45) is 0 Å². The lowest BCUT2D eigenvalue weighted by atomic mass is 9.99. The Morgan fingerprint density at radius 2 is 1.82 bits per heavy atom. The largest absolute Gasteiger partial charge is 0.422 e. The number of fused-ring (bicyclic) bond motifs is 1. The summed E-state index contributed by atoms with van der Waals surface area (Å²) in [5, 5.41) is 12.0. The third-order valence-corrected chi connectivity index (χ3v) is 3.73. The number of non-ortho nitro benzene ring substituents is 1. The van der Waals surface area contributed by atoms with Gasteiger partial charge in [0, 0.05) is 22.5 Å². The molecule has 0 fully saturated rings. The standard InChI is InChI=1S/C16H10ClNO4/c1-9-13-8-11(17)4-7-14(13)22-16(19)15(9)10-2-5-12(6-3-10)18(20)21/h2-8H,1H3. The number of nitro groups is 1. The first kappa shape index (κ1) is 14.3. The molecule has 5 nitrogen and oxygen atoms in total. The molecule has 0 aliphatic rings. The van der Waals surface area contributed by atoms with Crippen LogP contribution in [0.25, 0.3) is 22.1 Å². The number of nitrogens with zero attached hydrogens (tertiary/aromatic N) is 1. The zero-order chi connectivity index (χ0) is 15.9. The molecule has 0 atom stereocenters. The third kappa shape index (κ3) is 2.35. The predicted molar refractivity (Wildman–Crippen MR) is 84.3 cm³/mol. The second-order valence-electron chi connectivity index (χ2n) is 4.83. The molecular formula is C16H10ClNO4. The van der Waals surface area contributed by atoms with Gasteiger partial charge in [0.15, 0.2) is 0 Å². The molecule has 0 aliphatic heterocycles. The maximum Gasteiger partial charge on any atom is 0.344 e. The fourth-order valence-corrected chi connectivity index (χ4v) is 2.58. The van der Waals surface area contributed by atoms with Crippen LogP contribution in [0.3, 0.4) is 0 Å². The van der Waals surface area contributed by atoms with Crippen molar-refractivity contribution in [2.75, 3.05) is 0 Å². The van der Waals surface area contributed by atoms with Crippen molar-refractivity contribution >= 4 is 28.3 Å². The van der Waals surface area contributed by atoms with Crippen molar-refractivity contribution in [3.05, 3.63) is 73.6 Å². The van der Waals surface area contributed by atoms with Gasteiger partial charge >= 0.3 is 5.63 Å². The fourth-order valence-electron chi connectivity index (χ4n) is 2.41. The van der Waals surface area contributed by atoms with Gasteiger partial charge in [-0.25, -0.2) is 4.79 Å². The van der Waals surface area contributed by atoms with Crippen LogP contribution in [-0.2, 0) is 0 Å². The molecule has 0 spiro atoms. The number of hydrogen-bond acceptors (Lipinski definition) is 4. The van der Waals surface area contributed by atoms with E-state index in [0.29, 0.717) is 21.7 Å². The molecule has 1 heterocycles. The molecule has 3 rings (SSSR count). The average Bonchev–Trinajstić information content (AvgIpc) is 2.49. The Morgan fingerprint density at radius 3 is 2.45 bits per heavy atom. The number of benzene rings is 2. The number of nitro benzene ring substituents is 1. The minimum absolute atomic E-state index is 0.0328. The summed E-state index contributed by atoms with van der Waals surface area (Å²) in [4.78, 5) is 22.4. The van der Waals surface area contributed by atoms with E-state index in [0.717, 1.165) is 10.9 Å². The Labute approximate surface area is 129 Å². The summed E-state index contributed by atoms with van der Waals surface area (Å²) in [6, 6.07) is 10.8. The smallest absolute Gasteiger partial charge is 0.344 e. The van der Waals surface area contributed by atoms with Gasteiger partial charge in [0.1, 0.15) is 5.58 Å². The molecule has 110 valence electrons. The van der Waals surface area contributed by atoms with Gasteiger partial charge in [-0.1, -0.05) is 11.6 Å². The van der Waals surface area contributed by atoms with Crippen molar-refractivity contribution in [1.82, 2.24) is 0 Å². The highest BCUT2D eigenvalue weighted by Gasteiger charge is 2.14. The van der Waals surface area contributed by atoms with Crippen LogP contribution in [0.5, 0.6) is 0 Å². The lowest BCUT2D eigenvalue weighted by molar-refractivity contribution is -0.384. The van der Waals surface area contributed by atoms with Crippen LogP contribution < -0.4 is 5.63 Å². The minimum atomic E-state index is -0.487. The van der Waals surface area contributed by atoms with Gasteiger partial charge in [0.2, 0.25) is 0 Å². The number of halogens is 1. The van der Waals surface area contributed by atoms with Gasteiger partial charge < -0.3 is 4.42 Å². The van der Waals surface area contributed by atoms with E-state index in [1.807, 2.05) is 0 Å². The van der Waals surface area contributed by atoms with E-state index in [1.165, 1.54) is 24.3 Å². The molecule has 1 aromatic heterocycles. The van der Waals surface area contributed by atoms with Crippen molar-refractivity contribution in [1.29, 1.82) is 0 Å². The van der Waals surface area contributed by atoms with Crippen molar-refractivity contribution in [2.45, 2.75) is 6.92 Å². The van der Waals surface area contributed by atoms with Gasteiger partial charge in [-0.05, 0) is 48.4 Å². The topological polar surface area (TPSA) is 73.3 Å². The maximum atomic E-state index is 12.2. The first-order valence-electron chi connectivity index (χ1n) is 6.45. The highest BCUT2D eigenvalue weighted by molar-refractivity contribution is 6.31. The molecule has 22 heavy (non-hydrogen) atoms. The molecule has 0 radical (unpaired) electrons. The second-order valence-corrected chi connectivity index (χ2v) is 5.27. The third-order valence-electron chi connectivity index (χ3n) is 3.49. The molecular weight excluding hydrogens is 306 g/mol. The van der Waals surface area contributed by atoms with E-state index in [9.17, 15) is 14.9 Å². The van der Waals surface area contributed by atoms with Crippen LogP contribution in [0.2, 0.25) is 5.02 Å². The molecule has 0 bridgehead atoms. The molecule has 3 aromatic rings. The first-order valence-corrected chi connectivity index (χ1v) is 6.83. The Balaban J connectivity index is 2.26. The summed E-state index contributed by atoms with van der Waals surface area (Å²) < 4.78 is 5.31. The highest BCUT2D eigenvalue weighted by atomic mass is 35.5. The zero-order valence-corrected chi connectivity index (χ0v) is 12.3. The van der Waals surface area contributed by atoms with E-state index in [2.05, 4.69) is 0 Å². The maximum absolute atomic E-state index is 12.2. The van der Waals surface area contributed by atoms with E-state index < -0.39 is 10.5 Å². The van der Waals surface area contributed by atoms with Crippen LogP contribution in [0, 0.1) is 17.0 Å². The molecule has 0 aliphatic carbocycles. The molecule has 6 heteroatoms. The molecule has 2 aromatic carbocycles. The zero-order valence-electron chi connectivity index (χ0n) is 11.5. The van der Waals surface area contributed by atoms with Gasteiger partial charge in [-0.3, -0.25) is 10.1 Å². The average molecular weight is 316 g/mol. The van der Waals surface area contributed by atoms with Crippen LogP contribution >= 0.6 is 11.6 Å². The van der Waals surface area contributed by atoms with E-state index in [1.54, 1.807) is 25.1 Å². The van der Waals surface area contributed by atoms with E-state index >= 15 is 0 Å². The van der Waals surface area contributed by atoms with E-state index in [-0.39, 0.29) is 5.69 Å². The van der Waals surface area contributed by atoms with Crippen LogP contribution in [0.1, 0.15) is 5.56 Å². The Hall–Kier alpha value is -2.66. The highest BCUT2D eigenvalue weighted by Crippen LogP contribution is 2.29. The molecule has 0 saturated heterocycles. The van der Waals surface area contributed by atoms with Gasteiger partial charge in [0.05, 0.1) is 10.5 Å². The molecule has 0 amide bonds. The minimum Gasteiger partial charge on any atom is -0.422 e. The molecule has 0 unspecified atom stereocenters. The SMILES string of the molecule is Cc1c(-c2ccc([N+](=O)[O-])cc2)c(=O)oc2ccc(Cl)cc12. The Bertz CT molecular complexity index is 945. The van der Waals surface area contributed by atoms with Gasteiger partial charge in [-0.15, -0.1) is 0 Å². The lowest BCUT2D eigenvalue weighted by Gasteiger charge is -2.08. The number of rotatable bonds is 2. The summed E-state index contributed by atoms with van der Waals surface area (Å²) in [5.74, 6) is 0. The van der Waals surface area contributed by atoms with Gasteiger partial charge in [-0.2, -0.15) is 0 Å². The summed E-state index contributed by atoms with van der Waals surface area (Å²) >= 11 is 5.99. The predicted octanol–water partition coefficient (Wildman–Crippen LogP) is 4.33. The molecule has 0 N–H and O–H groups in total. The Morgan fingerprint density at radius 1 is 1.14 bits per heavy atom.